The van der Waals surface area contributed by atoms with Gasteiger partial charge in [0.1, 0.15) is 5.78 Å². The number of hydrogen-bond acceptors (Lipinski definition) is 1. The topological polar surface area (TPSA) is 17.1 Å². The van der Waals surface area contributed by atoms with E-state index in [2.05, 4.69) is 36.4 Å². The number of hydrogen-bond donors (Lipinski definition) is 0. The smallest absolute Gasteiger partial charge is 0.140 e. The molecule has 1 nitrogen and oxygen atoms in total. The van der Waals surface area contributed by atoms with Gasteiger partial charge in [0.05, 0.1) is 0 Å². The number of benzene rings is 2. The average Bonchev–Trinajstić information content (AvgIpc) is 2.49. The van der Waals surface area contributed by atoms with Crippen LogP contribution in [0.3, 0.4) is 0 Å². The minimum absolute atomic E-state index is 0.0337. The zero-order valence-corrected chi connectivity index (χ0v) is 11.4. The van der Waals surface area contributed by atoms with Crippen LogP contribution in [0, 0.1) is 0 Å². The van der Waals surface area contributed by atoms with Crippen LogP contribution in [0.4, 0.5) is 0 Å². The summed E-state index contributed by atoms with van der Waals surface area (Å²) in [6.07, 6.45) is 2.45. The summed E-state index contributed by atoms with van der Waals surface area (Å²) in [4.78, 5) is 12.1. The second kappa shape index (κ2) is 6.89. The third-order valence-corrected chi connectivity index (χ3v) is 3.50. The Kier molecular flexibility index (Phi) is 4.91. The standard InChI is InChI=1S/C18H20O/c1-2-18(19)17(16-11-7-4-8-12-16)14-13-15-9-5-3-6-10-15/h3-12,17H,2,13-14H2,1H3/t17-/m1/s1. The summed E-state index contributed by atoms with van der Waals surface area (Å²) in [5.74, 6) is 0.369. The number of aryl methyl sites for hydroxylation is 1. The van der Waals surface area contributed by atoms with Crippen molar-refractivity contribution in [2.45, 2.75) is 32.1 Å². The lowest BCUT2D eigenvalue weighted by atomic mass is 9.88. The van der Waals surface area contributed by atoms with Gasteiger partial charge in [-0.3, -0.25) is 4.79 Å². The van der Waals surface area contributed by atoms with Crippen molar-refractivity contribution in [1.29, 1.82) is 0 Å². The Labute approximate surface area is 115 Å². The molecule has 2 aromatic carbocycles. The van der Waals surface area contributed by atoms with E-state index in [0.29, 0.717) is 12.2 Å². The Bertz CT molecular complexity index is 502. The number of rotatable bonds is 6. The Morgan fingerprint density at radius 1 is 0.947 bits per heavy atom. The van der Waals surface area contributed by atoms with E-state index < -0.39 is 0 Å². The molecule has 0 saturated carbocycles. The average molecular weight is 252 g/mol. The van der Waals surface area contributed by atoms with E-state index in [-0.39, 0.29) is 5.92 Å². The van der Waals surface area contributed by atoms with Gasteiger partial charge in [0, 0.05) is 12.3 Å². The highest BCUT2D eigenvalue weighted by molar-refractivity contribution is 5.85. The summed E-state index contributed by atoms with van der Waals surface area (Å²) in [6.45, 7) is 1.95. The highest BCUT2D eigenvalue weighted by Crippen LogP contribution is 2.24. The normalized spacial score (nSPS) is 12.1. The second-order valence-electron chi connectivity index (χ2n) is 4.81. The number of carbonyl (C=O) groups is 1. The first-order valence-corrected chi connectivity index (χ1v) is 6.93. The maximum absolute atomic E-state index is 12.1. The molecule has 0 N–H and O–H groups in total. The Morgan fingerprint density at radius 3 is 2.11 bits per heavy atom. The van der Waals surface area contributed by atoms with E-state index in [0.717, 1.165) is 18.4 Å². The van der Waals surface area contributed by atoms with Crippen LogP contribution in [-0.4, -0.2) is 5.78 Å². The van der Waals surface area contributed by atoms with E-state index in [1.165, 1.54) is 5.56 Å². The molecule has 1 heteroatoms. The minimum Gasteiger partial charge on any atom is -0.299 e. The van der Waals surface area contributed by atoms with Crippen molar-refractivity contribution in [3.05, 3.63) is 71.8 Å². The van der Waals surface area contributed by atoms with Gasteiger partial charge in [-0.05, 0) is 24.0 Å². The first-order chi connectivity index (χ1) is 9.31. The molecule has 1 atom stereocenters. The maximum Gasteiger partial charge on any atom is 0.140 e. The Morgan fingerprint density at radius 2 is 1.53 bits per heavy atom. The number of ketones is 1. The fourth-order valence-corrected chi connectivity index (χ4v) is 2.40. The third-order valence-electron chi connectivity index (χ3n) is 3.50. The molecule has 0 spiro atoms. The zero-order valence-electron chi connectivity index (χ0n) is 11.4. The molecule has 0 heterocycles. The fourth-order valence-electron chi connectivity index (χ4n) is 2.40. The van der Waals surface area contributed by atoms with Crippen molar-refractivity contribution in [2.24, 2.45) is 0 Å². The van der Waals surface area contributed by atoms with Crippen molar-refractivity contribution in [2.75, 3.05) is 0 Å². The number of Topliss-reactive ketones (excluding diaryl/α,β-unsaturated/α-hetero) is 1. The lowest BCUT2D eigenvalue weighted by molar-refractivity contribution is -0.120. The van der Waals surface area contributed by atoms with Crippen LogP contribution in [0.15, 0.2) is 60.7 Å². The summed E-state index contributed by atoms with van der Waals surface area (Å²) in [5, 5.41) is 0. The van der Waals surface area contributed by atoms with Crippen molar-refractivity contribution in [3.63, 3.8) is 0 Å². The van der Waals surface area contributed by atoms with Gasteiger partial charge < -0.3 is 0 Å². The van der Waals surface area contributed by atoms with Crippen LogP contribution < -0.4 is 0 Å². The summed E-state index contributed by atoms with van der Waals surface area (Å²) in [6, 6.07) is 20.5. The monoisotopic (exact) mass is 252 g/mol. The molecule has 0 amide bonds. The molecular formula is C18H20O. The molecule has 2 aromatic rings. The lowest BCUT2D eigenvalue weighted by Crippen LogP contribution is -2.12. The molecule has 0 unspecified atom stereocenters. The van der Waals surface area contributed by atoms with Gasteiger partial charge in [-0.1, -0.05) is 67.6 Å². The Hall–Kier alpha value is -1.89. The highest BCUT2D eigenvalue weighted by atomic mass is 16.1. The van der Waals surface area contributed by atoms with Gasteiger partial charge >= 0.3 is 0 Å². The van der Waals surface area contributed by atoms with E-state index in [4.69, 9.17) is 0 Å². The summed E-state index contributed by atoms with van der Waals surface area (Å²) in [7, 11) is 0. The predicted molar refractivity (Wildman–Crippen MR) is 79.2 cm³/mol. The zero-order chi connectivity index (χ0) is 13.5. The molecule has 2 rings (SSSR count). The molecule has 0 aliphatic heterocycles. The van der Waals surface area contributed by atoms with Crippen molar-refractivity contribution in [3.8, 4) is 0 Å². The SMILES string of the molecule is CCC(=O)[C@H](CCc1ccccc1)c1ccccc1. The van der Waals surface area contributed by atoms with Crippen LogP contribution in [0.1, 0.15) is 36.8 Å². The van der Waals surface area contributed by atoms with Gasteiger partial charge in [-0.2, -0.15) is 0 Å². The molecule has 98 valence electrons. The molecule has 0 fully saturated rings. The molecule has 0 bridgehead atoms. The molecule has 0 aromatic heterocycles. The second-order valence-corrected chi connectivity index (χ2v) is 4.81. The van der Waals surface area contributed by atoms with Gasteiger partial charge in [-0.25, -0.2) is 0 Å². The van der Waals surface area contributed by atoms with Crippen molar-refractivity contribution in [1.82, 2.24) is 0 Å². The van der Waals surface area contributed by atoms with Crippen LogP contribution in [0.5, 0.6) is 0 Å². The van der Waals surface area contributed by atoms with Gasteiger partial charge in [-0.15, -0.1) is 0 Å². The first-order valence-electron chi connectivity index (χ1n) is 6.93. The first kappa shape index (κ1) is 13.5. The van der Waals surface area contributed by atoms with Crippen LogP contribution in [0.2, 0.25) is 0 Å². The third kappa shape index (κ3) is 3.78. The molecule has 19 heavy (non-hydrogen) atoms. The quantitative estimate of drug-likeness (QED) is 0.745. The molecule has 0 aliphatic rings. The van der Waals surface area contributed by atoms with Crippen LogP contribution in [-0.2, 0) is 11.2 Å². The van der Waals surface area contributed by atoms with Gasteiger partial charge in [0.15, 0.2) is 0 Å². The molecular weight excluding hydrogens is 232 g/mol. The van der Waals surface area contributed by atoms with E-state index in [9.17, 15) is 4.79 Å². The predicted octanol–water partition coefficient (Wildman–Crippen LogP) is 4.38. The number of carbonyl (C=O) groups excluding carboxylic acids is 1. The van der Waals surface area contributed by atoms with Gasteiger partial charge in [0.2, 0.25) is 0 Å². The van der Waals surface area contributed by atoms with Crippen LogP contribution >= 0.6 is 0 Å². The maximum atomic E-state index is 12.1. The summed E-state index contributed by atoms with van der Waals surface area (Å²) in [5.41, 5.74) is 2.44. The van der Waals surface area contributed by atoms with Crippen LogP contribution in [0.25, 0.3) is 0 Å². The Balaban J connectivity index is 2.09. The molecule has 0 radical (unpaired) electrons. The highest BCUT2D eigenvalue weighted by Gasteiger charge is 2.18. The molecule has 0 saturated heterocycles. The van der Waals surface area contributed by atoms with Gasteiger partial charge in [0.25, 0.3) is 0 Å². The fraction of sp³-hybridized carbons (Fsp3) is 0.278. The van der Waals surface area contributed by atoms with Crippen molar-refractivity contribution >= 4 is 5.78 Å². The minimum atomic E-state index is 0.0337. The van der Waals surface area contributed by atoms with E-state index >= 15 is 0 Å². The van der Waals surface area contributed by atoms with E-state index in [1.54, 1.807) is 0 Å². The summed E-state index contributed by atoms with van der Waals surface area (Å²) < 4.78 is 0. The lowest BCUT2D eigenvalue weighted by Gasteiger charge is -2.15. The van der Waals surface area contributed by atoms with E-state index in [1.807, 2.05) is 31.2 Å². The molecule has 0 aliphatic carbocycles. The summed E-state index contributed by atoms with van der Waals surface area (Å²) >= 11 is 0. The largest absolute Gasteiger partial charge is 0.299 e. The van der Waals surface area contributed by atoms with Crippen molar-refractivity contribution < 1.29 is 4.79 Å².